The van der Waals surface area contributed by atoms with Gasteiger partial charge in [-0.05, 0) is 35.0 Å². The molecule has 1 amide bonds. The molecule has 0 saturated heterocycles. The summed E-state index contributed by atoms with van der Waals surface area (Å²) in [6.07, 6.45) is 1.75. The molecule has 4 aromatic rings. The molecule has 0 aliphatic carbocycles. The molecule has 128 valence electrons. The Kier molecular flexibility index (Phi) is 4.19. The second kappa shape index (κ2) is 6.80. The van der Waals surface area contributed by atoms with Gasteiger partial charge in [-0.15, -0.1) is 0 Å². The molecular weight excluding hydrogens is 324 g/mol. The Hall–Kier alpha value is -3.47. The van der Waals surface area contributed by atoms with Crippen molar-refractivity contribution in [1.29, 1.82) is 0 Å². The number of aryl methyl sites for hydroxylation is 1. The maximum atomic E-state index is 12.6. The first-order valence-corrected chi connectivity index (χ1v) is 8.42. The molecule has 1 N–H and O–H groups in total. The van der Waals surface area contributed by atoms with Gasteiger partial charge in [-0.25, -0.2) is 0 Å². The van der Waals surface area contributed by atoms with Gasteiger partial charge in [-0.2, -0.15) is 5.10 Å². The normalized spacial score (nSPS) is 10.8. The van der Waals surface area contributed by atoms with Crippen molar-refractivity contribution in [2.75, 3.05) is 0 Å². The smallest absolute Gasteiger partial charge is 0.252 e. The lowest BCUT2D eigenvalue weighted by molar-refractivity contribution is 0.0952. The Bertz CT molecular complexity index is 1060. The molecule has 0 atom stereocenters. The van der Waals surface area contributed by atoms with E-state index in [9.17, 15) is 4.79 Å². The van der Waals surface area contributed by atoms with Crippen molar-refractivity contribution in [3.8, 4) is 11.4 Å². The van der Waals surface area contributed by atoms with E-state index >= 15 is 0 Å². The van der Waals surface area contributed by atoms with Gasteiger partial charge in [0.1, 0.15) is 0 Å². The second-order valence-electron chi connectivity index (χ2n) is 6.07. The average molecular weight is 342 g/mol. The van der Waals surface area contributed by atoms with Crippen LogP contribution in [0.2, 0.25) is 0 Å². The number of hydrogen-bond acceptors (Lipinski definition) is 3. The number of nitrogens with one attached hydrogen (secondary N) is 1. The summed E-state index contributed by atoms with van der Waals surface area (Å²) in [6.45, 7) is 0.364. The molecule has 5 nitrogen and oxygen atoms in total. The fraction of sp³-hybridized carbons (Fsp3) is 0.0952. The van der Waals surface area contributed by atoms with Gasteiger partial charge in [0.05, 0.1) is 23.6 Å². The molecule has 0 unspecified atom stereocenters. The summed E-state index contributed by atoms with van der Waals surface area (Å²) in [7, 11) is 1.88. The van der Waals surface area contributed by atoms with Gasteiger partial charge in [0.25, 0.3) is 5.91 Å². The molecular formula is C21H18N4O. The Morgan fingerprint density at radius 2 is 1.85 bits per heavy atom. The fourth-order valence-electron chi connectivity index (χ4n) is 3.06. The van der Waals surface area contributed by atoms with E-state index in [1.165, 1.54) is 0 Å². The van der Waals surface area contributed by atoms with Crippen LogP contribution in [0.3, 0.4) is 0 Å². The van der Waals surface area contributed by atoms with E-state index in [4.69, 9.17) is 0 Å². The van der Waals surface area contributed by atoms with Gasteiger partial charge < -0.3 is 5.32 Å². The van der Waals surface area contributed by atoms with Gasteiger partial charge in [0.2, 0.25) is 0 Å². The largest absolute Gasteiger partial charge is 0.346 e. The zero-order valence-electron chi connectivity index (χ0n) is 14.4. The molecule has 26 heavy (non-hydrogen) atoms. The topological polar surface area (TPSA) is 59.8 Å². The van der Waals surface area contributed by atoms with Crippen LogP contribution < -0.4 is 5.32 Å². The first-order chi connectivity index (χ1) is 12.7. The van der Waals surface area contributed by atoms with Crippen LogP contribution >= 0.6 is 0 Å². The maximum absolute atomic E-state index is 12.6. The Morgan fingerprint density at radius 3 is 2.69 bits per heavy atom. The highest BCUT2D eigenvalue weighted by molar-refractivity contribution is 6.06. The SMILES string of the molecule is Cn1nc(CNC(=O)c2cccc3ccccc23)cc1-c1ccccn1. The summed E-state index contributed by atoms with van der Waals surface area (Å²) < 4.78 is 1.78. The number of fused-ring (bicyclic) bond motifs is 1. The first-order valence-electron chi connectivity index (χ1n) is 8.42. The number of hydrogen-bond donors (Lipinski definition) is 1. The van der Waals surface area contributed by atoms with Gasteiger partial charge in [0, 0.05) is 18.8 Å². The predicted molar refractivity (Wildman–Crippen MR) is 102 cm³/mol. The van der Waals surface area contributed by atoms with Crippen LogP contribution in [-0.2, 0) is 13.6 Å². The lowest BCUT2D eigenvalue weighted by Gasteiger charge is -2.07. The molecule has 0 spiro atoms. The summed E-state index contributed by atoms with van der Waals surface area (Å²) in [5.41, 5.74) is 3.24. The van der Waals surface area contributed by atoms with Crippen LogP contribution in [0.5, 0.6) is 0 Å². The van der Waals surface area contributed by atoms with E-state index in [-0.39, 0.29) is 5.91 Å². The van der Waals surface area contributed by atoms with E-state index < -0.39 is 0 Å². The molecule has 5 heteroatoms. The highest BCUT2D eigenvalue weighted by Gasteiger charge is 2.12. The van der Waals surface area contributed by atoms with Crippen LogP contribution in [-0.4, -0.2) is 20.7 Å². The van der Waals surface area contributed by atoms with Crippen molar-refractivity contribution >= 4 is 16.7 Å². The second-order valence-corrected chi connectivity index (χ2v) is 6.07. The maximum Gasteiger partial charge on any atom is 0.252 e. The van der Waals surface area contributed by atoms with Crippen molar-refractivity contribution in [2.24, 2.45) is 7.05 Å². The molecule has 0 aliphatic heterocycles. The minimum Gasteiger partial charge on any atom is -0.346 e. The zero-order chi connectivity index (χ0) is 17.9. The van der Waals surface area contributed by atoms with Crippen LogP contribution in [0, 0.1) is 0 Å². The monoisotopic (exact) mass is 342 g/mol. The van der Waals surface area contributed by atoms with E-state index in [1.54, 1.807) is 10.9 Å². The number of pyridine rings is 1. The van der Waals surface area contributed by atoms with E-state index in [1.807, 2.05) is 73.8 Å². The van der Waals surface area contributed by atoms with E-state index in [0.717, 1.165) is 27.9 Å². The van der Waals surface area contributed by atoms with Gasteiger partial charge >= 0.3 is 0 Å². The van der Waals surface area contributed by atoms with Crippen LogP contribution in [0.25, 0.3) is 22.2 Å². The van der Waals surface area contributed by atoms with Crippen molar-refractivity contribution in [2.45, 2.75) is 6.54 Å². The third-order valence-corrected chi connectivity index (χ3v) is 4.32. The van der Waals surface area contributed by atoms with Crippen LogP contribution in [0.4, 0.5) is 0 Å². The van der Waals surface area contributed by atoms with Crippen molar-refractivity contribution in [3.63, 3.8) is 0 Å². The van der Waals surface area contributed by atoms with Crippen molar-refractivity contribution in [1.82, 2.24) is 20.1 Å². The minimum atomic E-state index is -0.105. The quantitative estimate of drug-likeness (QED) is 0.617. The number of carbonyl (C=O) groups excluding carboxylic acids is 1. The number of carbonyl (C=O) groups is 1. The molecule has 0 aliphatic rings. The number of amides is 1. The number of nitrogens with zero attached hydrogens (tertiary/aromatic N) is 3. The molecule has 2 aromatic heterocycles. The van der Waals surface area contributed by atoms with Gasteiger partial charge in [-0.3, -0.25) is 14.5 Å². The van der Waals surface area contributed by atoms with E-state index in [0.29, 0.717) is 12.1 Å². The molecule has 2 heterocycles. The Morgan fingerprint density at radius 1 is 1.04 bits per heavy atom. The minimum absolute atomic E-state index is 0.105. The average Bonchev–Trinajstić information content (AvgIpc) is 3.07. The highest BCUT2D eigenvalue weighted by Crippen LogP contribution is 2.19. The standard InChI is InChI=1S/C21H18N4O/c1-25-20(19-11-4-5-12-22-19)13-16(24-25)14-23-21(26)18-10-6-8-15-7-2-3-9-17(15)18/h2-13H,14H2,1H3,(H,23,26). The first kappa shape index (κ1) is 16.0. The fourth-order valence-corrected chi connectivity index (χ4v) is 3.06. The summed E-state index contributed by atoms with van der Waals surface area (Å²) in [5, 5.41) is 9.44. The Labute approximate surface area is 151 Å². The van der Waals surface area contributed by atoms with Gasteiger partial charge in [0.15, 0.2) is 0 Å². The highest BCUT2D eigenvalue weighted by atomic mass is 16.1. The molecule has 0 bridgehead atoms. The lowest BCUT2D eigenvalue weighted by atomic mass is 10.0. The summed E-state index contributed by atoms with van der Waals surface area (Å²) in [4.78, 5) is 17.0. The summed E-state index contributed by atoms with van der Waals surface area (Å²) >= 11 is 0. The van der Waals surface area contributed by atoms with Gasteiger partial charge in [-0.1, -0.05) is 42.5 Å². The predicted octanol–water partition coefficient (Wildman–Crippen LogP) is 3.57. The van der Waals surface area contributed by atoms with Crippen molar-refractivity contribution < 1.29 is 4.79 Å². The zero-order valence-corrected chi connectivity index (χ0v) is 14.4. The third-order valence-electron chi connectivity index (χ3n) is 4.32. The summed E-state index contributed by atoms with van der Waals surface area (Å²) in [5.74, 6) is -0.105. The molecule has 0 saturated carbocycles. The summed E-state index contributed by atoms with van der Waals surface area (Å²) in [6, 6.07) is 21.3. The molecule has 0 fully saturated rings. The number of benzene rings is 2. The van der Waals surface area contributed by atoms with Crippen molar-refractivity contribution in [3.05, 3.63) is 84.2 Å². The molecule has 0 radical (unpaired) electrons. The molecule has 4 rings (SSSR count). The Balaban J connectivity index is 1.53. The number of rotatable bonds is 4. The molecule has 2 aromatic carbocycles. The van der Waals surface area contributed by atoms with Crippen LogP contribution in [0.1, 0.15) is 16.1 Å². The third kappa shape index (κ3) is 3.07. The lowest BCUT2D eigenvalue weighted by Crippen LogP contribution is -2.23. The van der Waals surface area contributed by atoms with Crippen LogP contribution in [0.15, 0.2) is 72.9 Å². The number of aromatic nitrogens is 3. The van der Waals surface area contributed by atoms with E-state index in [2.05, 4.69) is 15.4 Å².